The number of nitrogens with zero attached hydrogens (tertiary/aromatic N) is 3. The van der Waals surface area contributed by atoms with Crippen LogP contribution in [-0.4, -0.2) is 38.7 Å². The number of hydrogen-bond acceptors (Lipinski definition) is 6. The third-order valence-electron chi connectivity index (χ3n) is 4.22. The molecule has 0 aliphatic heterocycles. The third kappa shape index (κ3) is 6.25. The molecule has 8 heteroatoms. The molecule has 0 atom stereocenters. The Morgan fingerprint density at radius 1 is 1.10 bits per heavy atom. The summed E-state index contributed by atoms with van der Waals surface area (Å²) in [6.45, 7) is 0.942. The summed E-state index contributed by atoms with van der Waals surface area (Å²) in [4.78, 5) is 10.8. The van der Waals surface area contributed by atoms with Crippen LogP contribution in [0.1, 0.15) is 17.8 Å². The highest BCUT2D eigenvalue weighted by atomic mass is 32.2. The largest absolute Gasteiger partial charge is 0.497 e. The number of carboxylic acid groups (broad SMARTS) is 1. The van der Waals surface area contributed by atoms with Gasteiger partial charge in [-0.05, 0) is 24.1 Å². The average Bonchev–Trinajstić information content (AvgIpc) is 3.13. The minimum atomic E-state index is -0.825. The minimum absolute atomic E-state index is 0.0753. The molecule has 1 aromatic heterocycles. The Kier molecular flexibility index (Phi) is 7.52. The number of aromatic nitrogens is 3. The number of hydrogen-bond donors (Lipinski definition) is 1. The topological polar surface area (TPSA) is 86.5 Å². The predicted molar refractivity (Wildman–Crippen MR) is 110 cm³/mol. The van der Waals surface area contributed by atoms with Gasteiger partial charge in [0, 0.05) is 18.4 Å². The van der Waals surface area contributed by atoms with Gasteiger partial charge in [0.1, 0.15) is 18.1 Å². The quantitative estimate of drug-likeness (QED) is 0.480. The molecule has 29 heavy (non-hydrogen) atoms. The number of carboxylic acids is 1. The third-order valence-corrected chi connectivity index (χ3v) is 5.19. The normalized spacial score (nSPS) is 10.7. The van der Waals surface area contributed by atoms with Crippen LogP contribution in [0, 0.1) is 0 Å². The second kappa shape index (κ2) is 10.5. The van der Waals surface area contributed by atoms with E-state index in [1.807, 2.05) is 47.0 Å². The van der Waals surface area contributed by atoms with Gasteiger partial charge in [-0.3, -0.25) is 4.79 Å². The first-order valence-corrected chi connectivity index (χ1v) is 10.2. The van der Waals surface area contributed by atoms with Crippen LogP contribution in [0.25, 0.3) is 0 Å². The van der Waals surface area contributed by atoms with Gasteiger partial charge in [0.05, 0.1) is 13.5 Å². The van der Waals surface area contributed by atoms with Crippen LogP contribution in [0.2, 0.25) is 0 Å². The molecule has 2 aromatic carbocycles. The fourth-order valence-corrected chi connectivity index (χ4v) is 3.62. The first-order valence-electron chi connectivity index (χ1n) is 9.23. The van der Waals surface area contributed by atoms with Crippen LogP contribution < -0.4 is 9.47 Å². The molecule has 1 heterocycles. The average molecular weight is 413 g/mol. The van der Waals surface area contributed by atoms with Crippen molar-refractivity contribution in [1.29, 1.82) is 0 Å². The molecule has 1 N–H and O–H groups in total. The lowest BCUT2D eigenvalue weighted by Gasteiger charge is -2.11. The van der Waals surface area contributed by atoms with Crippen LogP contribution in [0.5, 0.6) is 11.5 Å². The van der Waals surface area contributed by atoms with Crippen molar-refractivity contribution in [2.45, 2.75) is 31.1 Å². The van der Waals surface area contributed by atoms with E-state index < -0.39 is 5.97 Å². The number of rotatable bonds is 11. The zero-order valence-electron chi connectivity index (χ0n) is 16.2. The van der Waals surface area contributed by atoms with Gasteiger partial charge in [-0.15, -0.1) is 10.2 Å². The van der Waals surface area contributed by atoms with Gasteiger partial charge in [-0.1, -0.05) is 48.2 Å². The Morgan fingerprint density at radius 2 is 1.90 bits per heavy atom. The maximum atomic E-state index is 10.8. The summed E-state index contributed by atoms with van der Waals surface area (Å²) in [5.41, 5.74) is 1.21. The SMILES string of the molecule is COc1cccc(OCc2nnc(SCCC(=O)O)n2CCc2ccccc2)c1. The van der Waals surface area contributed by atoms with Crippen LogP contribution in [0.15, 0.2) is 59.8 Å². The van der Waals surface area contributed by atoms with Crippen molar-refractivity contribution in [2.75, 3.05) is 12.9 Å². The predicted octanol–water partition coefficient (Wildman–Crippen LogP) is 3.68. The summed E-state index contributed by atoms with van der Waals surface area (Å²) in [7, 11) is 1.61. The van der Waals surface area contributed by atoms with Crippen LogP contribution in [-0.2, 0) is 24.4 Å². The van der Waals surface area contributed by atoms with E-state index in [2.05, 4.69) is 22.3 Å². The molecule has 0 saturated carbocycles. The van der Waals surface area contributed by atoms with Gasteiger partial charge in [0.15, 0.2) is 11.0 Å². The molecule has 3 aromatic rings. The van der Waals surface area contributed by atoms with Gasteiger partial charge in [-0.25, -0.2) is 0 Å². The van der Waals surface area contributed by atoms with Gasteiger partial charge in [0.2, 0.25) is 0 Å². The van der Waals surface area contributed by atoms with E-state index in [9.17, 15) is 4.79 Å². The number of thioether (sulfide) groups is 1. The van der Waals surface area contributed by atoms with E-state index in [0.29, 0.717) is 29.0 Å². The number of carbonyl (C=O) groups is 1. The van der Waals surface area contributed by atoms with Crippen molar-refractivity contribution in [1.82, 2.24) is 14.8 Å². The maximum absolute atomic E-state index is 10.8. The van der Waals surface area contributed by atoms with E-state index >= 15 is 0 Å². The molecule has 0 spiro atoms. The zero-order chi connectivity index (χ0) is 20.5. The van der Waals surface area contributed by atoms with Gasteiger partial charge < -0.3 is 19.1 Å². The van der Waals surface area contributed by atoms with Crippen molar-refractivity contribution in [3.63, 3.8) is 0 Å². The molecule has 0 fully saturated rings. The summed E-state index contributed by atoms with van der Waals surface area (Å²) in [5, 5.41) is 18.1. The number of benzene rings is 2. The Morgan fingerprint density at radius 3 is 2.66 bits per heavy atom. The van der Waals surface area contributed by atoms with Crippen LogP contribution >= 0.6 is 11.8 Å². The van der Waals surface area contributed by atoms with Crippen molar-refractivity contribution in [3.8, 4) is 11.5 Å². The highest BCUT2D eigenvalue weighted by Gasteiger charge is 2.14. The summed E-state index contributed by atoms with van der Waals surface area (Å²) in [6, 6.07) is 17.6. The molecule has 3 rings (SSSR count). The maximum Gasteiger partial charge on any atom is 0.304 e. The van der Waals surface area contributed by atoms with Gasteiger partial charge >= 0.3 is 5.97 Å². The van der Waals surface area contributed by atoms with E-state index in [-0.39, 0.29) is 13.0 Å². The molecular weight excluding hydrogens is 390 g/mol. The number of ether oxygens (including phenoxy) is 2. The summed E-state index contributed by atoms with van der Waals surface area (Å²) < 4.78 is 13.1. The lowest BCUT2D eigenvalue weighted by Crippen LogP contribution is -2.10. The standard InChI is InChI=1S/C21H23N3O4S/c1-27-17-8-5-9-18(14-17)28-15-19-22-23-21(29-13-11-20(25)26)24(19)12-10-16-6-3-2-4-7-16/h2-9,14H,10-13,15H2,1H3,(H,25,26). The highest BCUT2D eigenvalue weighted by molar-refractivity contribution is 7.99. The Bertz CT molecular complexity index is 931. The highest BCUT2D eigenvalue weighted by Crippen LogP contribution is 2.22. The number of aryl methyl sites for hydroxylation is 1. The smallest absolute Gasteiger partial charge is 0.304 e. The number of aliphatic carboxylic acids is 1. The lowest BCUT2D eigenvalue weighted by molar-refractivity contribution is -0.136. The van der Waals surface area contributed by atoms with E-state index in [4.69, 9.17) is 14.6 Å². The van der Waals surface area contributed by atoms with E-state index in [1.165, 1.54) is 17.3 Å². The molecule has 0 amide bonds. The number of methoxy groups -OCH3 is 1. The minimum Gasteiger partial charge on any atom is -0.497 e. The van der Waals surface area contributed by atoms with Crippen molar-refractivity contribution < 1.29 is 19.4 Å². The molecule has 0 radical (unpaired) electrons. The first-order chi connectivity index (χ1) is 14.2. The summed E-state index contributed by atoms with van der Waals surface area (Å²) in [6.07, 6.45) is 0.892. The Balaban J connectivity index is 1.71. The monoisotopic (exact) mass is 413 g/mol. The second-order valence-electron chi connectivity index (χ2n) is 6.25. The summed E-state index contributed by atoms with van der Waals surface area (Å²) in [5.74, 6) is 1.71. The second-order valence-corrected chi connectivity index (χ2v) is 7.31. The van der Waals surface area contributed by atoms with Crippen molar-refractivity contribution in [3.05, 3.63) is 66.0 Å². The Labute approximate surface area is 173 Å². The lowest BCUT2D eigenvalue weighted by atomic mass is 10.1. The van der Waals surface area contributed by atoms with Crippen LogP contribution in [0.3, 0.4) is 0 Å². The van der Waals surface area contributed by atoms with Gasteiger partial charge in [-0.2, -0.15) is 0 Å². The Hall–Kier alpha value is -3.00. The molecule has 7 nitrogen and oxygen atoms in total. The molecule has 0 unspecified atom stereocenters. The molecule has 0 saturated heterocycles. The van der Waals surface area contributed by atoms with Crippen molar-refractivity contribution >= 4 is 17.7 Å². The molecule has 152 valence electrons. The van der Waals surface area contributed by atoms with E-state index in [0.717, 1.165) is 12.2 Å². The molecule has 0 aliphatic carbocycles. The molecule has 0 aliphatic rings. The molecule has 0 bridgehead atoms. The van der Waals surface area contributed by atoms with Crippen LogP contribution in [0.4, 0.5) is 0 Å². The van der Waals surface area contributed by atoms with Gasteiger partial charge in [0.25, 0.3) is 0 Å². The zero-order valence-corrected chi connectivity index (χ0v) is 17.0. The molecular formula is C21H23N3O4S. The van der Waals surface area contributed by atoms with Crippen molar-refractivity contribution in [2.24, 2.45) is 0 Å². The first kappa shape index (κ1) is 20.7. The summed E-state index contributed by atoms with van der Waals surface area (Å²) >= 11 is 1.39. The fourth-order valence-electron chi connectivity index (χ4n) is 2.71. The van der Waals surface area contributed by atoms with E-state index in [1.54, 1.807) is 7.11 Å². The fraction of sp³-hybridized carbons (Fsp3) is 0.286.